The van der Waals surface area contributed by atoms with Gasteiger partial charge < -0.3 is 9.97 Å². The number of nitrogens with one attached hydrogen (secondary N) is 2. The minimum atomic E-state index is -0.618. The molecule has 1 heterocycles. The minimum Gasteiger partial charge on any atom is -0.323 e. The van der Waals surface area contributed by atoms with Crippen molar-refractivity contribution in [3.8, 4) is 0 Å². The van der Waals surface area contributed by atoms with Gasteiger partial charge in [-0.05, 0) is 5.41 Å². The van der Waals surface area contributed by atoms with Crippen LogP contribution in [0.1, 0.15) is 27.7 Å². The summed E-state index contributed by atoms with van der Waals surface area (Å²) in [5.41, 5.74) is -0.736. The summed E-state index contributed by atoms with van der Waals surface area (Å²) in [7, 11) is 0. The Morgan fingerprint density at radius 2 is 1.15 bits per heavy atom. The molecule has 0 fully saturated rings. The fraction of sp³-hybridized carbons (Fsp3) is 0.556. The SMILES string of the molecule is CC(C)(C)C.O=c1[nH]cc[nH]c1=O. The monoisotopic (exact) mass is 184 g/mol. The van der Waals surface area contributed by atoms with E-state index in [-0.39, 0.29) is 0 Å². The lowest BCUT2D eigenvalue weighted by Crippen LogP contribution is -2.27. The van der Waals surface area contributed by atoms with Gasteiger partial charge in [0.1, 0.15) is 0 Å². The highest BCUT2D eigenvalue weighted by Crippen LogP contribution is 2.07. The first-order valence-electron chi connectivity index (χ1n) is 4.07. The van der Waals surface area contributed by atoms with Crippen molar-refractivity contribution >= 4 is 0 Å². The summed E-state index contributed by atoms with van der Waals surface area (Å²) in [6.45, 7) is 8.75. The Kier molecular flexibility index (Phi) is 4.17. The first-order chi connectivity index (χ1) is 5.80. The maximum absolute atomic E-state index is 10.2. The van der Waals surface area contributed by atoms with E-state index in [1.807, 2.05) is 0 Å². The van der Waals surface area contributed by atoms with E-state index in [0.717, 1.165) is 0 Å². The topological polar surface area (TPSA) is 65.7 Å². The molecule has 0 atom stereocenters. The lowest BCUT2D eigenvalue weighted by Gasteiger charge is -2.05. The summed E-state index contributed by atoms with van der Waals surface area (Å²) in [5.74, 6) is 0. The number of aromatic nitrogens is 2. The standard InChI is InChI=1S/C5H12.C4H4N2O2/c1-5(2,3)4;7-3-4(8)6-2-1-5-3/h1-4H3;1-2H,(H,5,7)(H,6,8). The van der Waals surface area contributed by atoms with Crippen LogP contribution in [-0.4, -0.2) is 9.97 Å². The van der Waals surface area contributed by atoms with E-state index in [1.165, 1.54) is 12.4 Å². The second-order valence-electron chi connectivity index (χ2n) is 4.28. The quantitative estimate of drug-likeness (QED) is 0.593. The van der Waals surface area contributed by atoms with E-state index in [2.05, 4.69) is 37.7 Å². The lowest BCUT2D eigenvalue weighted by atomic mass is 10.0. The normalized spacial score (nSPS) is 10.2. The van der Waals surface area contributed by atoms with Crippen molar-refractivity contribution in [3.63, 3.8) is 0 Å². The van der Waals surface area contributed by atoms with Gasteiger partial charge in [0.05, 0.1) is 0 Å². The lowest BCUT2D eigenvalue weighted by molar-refractivity contribution is 0.469. The molecule has 0 aliphatic carbocycles. The molecule has 0 aromatic carbocycles. The number of rotatable bonds is 0. The van der Waals surface area contributed by atoms with E-state index in [4.69, 9.17) is 0 Å². The molecule has 0 radical (unpaired) electrons. The first kappa shape index (κ1) is 11.7. The molecule has 74 valence electrons. The summed E-state index contributed by atoms with van der Waals surface area (Å²) < 4.78 is 0. The fourth-order valence-corrected chi connectivity index (χ4v) is 0.366. The second kappa shape index (κ2) is 4.64. The van der Waals surface area contributed by atoms with Gasteiger partial charge in [0.2, 0.25) is 0 Å². The zero-order chi connectivity index (χ0) is 10.5. The first-order valence-corrected chi connectivity index (χ1v) is 4.07. The van der Waals surface area contributed by atoms with Crippen LogP contribution in [0.4, 0.5) is 0 Å². The van der Waals surface area contributed by atoms with Crippen molar-refractivity contribution in [2.45, 2.75) is 27.7 Å². The van der Waals surface area contributed by atoms with Crippen molar-refractivity contribution in [3.05, 3.63) is 33.1 Å². The van der Waals surface area contributed by atoms with Gasteiger partial charge in [0.15, 0.2) is 0 Å². The van der Waals surface area contributed by atoms with E-state index < -0.39 is 11.1 Å². The number of H-pyrrole nitrogens is 2. The largest absolute Gasteiger partial charge is 0.323 e. The summed E-state index contributed by atoms with van der Waals surface area (Å²) in [4.78, 5) is 24.8. The molecule has 0 saturated heterocycles. The number of hydrogen-bond donors (Lipinski definition) is 2. The Labute approximate surface area is 77.0 Å². The predicted molar refractivity (Wildman–Crippen MR) is 52.8 cm³/mol. The molecular weight excluding hydrogens is 168 g/mol. The molecule has 0 spiro atoms. The molecule has 0 saturated carbocycles. The third kappa shape index (κ3) is 8.59. The zero-order valence-corrected chi connectivity index (χ0v) is 8.47. The Hall–Kier alpha value is -1.32. The van der Waals surface area contributed by atoms with Gasteiger partial charge in [-0.25, -0.2) is 0 Å². The van der Waals surface area contributed by atoms with Gasteiger partial charge in [0.25, 0.3) is 0 Å². The van der Waals surface area contributed by atoms with Crippen LogP contribution in [0.3, 0.4) is 0 Å². The Bertz CT molecular complexity index is 308. The van der Waals surface area contributed by atoms with Crippen LogP contribution in [0.25, 0.3) is 0 Å². The molecule has 1 rings (SSSR count). The van der Waals surface area contributed by atoms with Crippen LogP contribution in [0.2, 0.25) is 0 Å². The molecule has 0 aliphatic rings. The highest BCUT2D eigenvalue weighted by atomic mass is 16.2. The average Bonchev–Trinajstić information content (AvgIpc) is 1.92. The molecule has 0 bridgehead atoms. The van der Waals surface area contributed by atoms with E-state index in [9.17, 15) is 9.59 Å². The molecule has 4 heteroatoms. The number of hydrogen-bond acceptors (Lipinski definition) is 2. The van der Waals surface area contributed by atoms with Gasteiger partial charge in [0, 0.05) is 12.4 Å². The summed E-state index contributed by atoms with van der Waals surface area (Å²) in [6.07, 6.45) is 2.73. The van der Waals surface area contributed by atoms with Crippen molar-refractivity contribution in [2.75, 3.05) is 0 Å². The molecule has 0 amide bonds. The highest BCUT2D eigenvalue weighted by molar-refractivity contribution is 4.75. The van der Waals surface area contributed by atoms with Gasteiger partial charge in [-0.3, -0.25) is 9.59 Å². The van der Waals surface area contributed by atoms with Gasteiger partial charge in [-0.15, -0.1) is 0 Å². The summed E-state index contributed by atoms with van der Waals surface area (Å²) in [6, 6.07) is 0. The van der Waals surface area contributed by atoms with Crippen LogP contribution in [0.15, 0.2) is 22.0 Å². The summed E-state index contributed by atoms with van der Waals surface area (Å²) in [5, 5.41) is 0. The van der Waals surface area contributed by atoms with Crippen molar-refractivity contribution in [2.24, 2.45) is 5.41 Å². The maximum Gasteiger partial charge on any atom is 0.313 e. The van der Waals surface area contributed by atoms with Crippen molar-refractivity contribution in [1.29, 1.82) is 0 Å². The van der Waals surface area contributed by atoms with Crippen LogP contribution in [-0.2, 0) is 0 Å². The van der Waals surface area contributed by atoms with Gasteiger partial charge >= 0.3 is 11.1 Å². The van der Waals surface area contributed by atoms with E-state index in [1.54, 1.807) is 0 Å². The highest BCUT2D eigenvalue weighted by Gasteiger charge is 1.95. The summed E-state index contributed by atoms with van der Waals surface area (Å²) >= 11 is 0. The predicted octanol–water partition coefficient (Wildman–Crippen LogP) is 1.12. The molecule has 2 N–H and O–H groups in total. The molecule has 4 nitrogen and oxygen atoms in total. The third-order valence-corrected chi connectivity index (χ3v) is 0.718. The molecule has 1 aromatic heterocycles. The van der Waals surface area contributed by atoms with E-state index in [0.29, 0.717) is 5.41 Å². The molecular formula is C9H16N2O2. The van der Waals surface area contributed by atoms with E-state index >= 15 is 0 Å². The maximum atomic E-state index is 10.2. The van der Waals surface area contributed by atoms with Gasteiger partial charge in [-0.2, -0.15) is 0 Å². The van der Waals surface area contributed by atoms with Crippen LogP contribution in [0, 0.1) is 5.41 Å². The minimum absolute atomic E-state index is 0.500. The molecule has 1 aromatic rings. The Morgan fingerprint density at radius 3 is 1.31 bits per heavy atom. The van der Waals surface area contributed by atoms with Crippen LogP contribution in [0.5, 0.6) is 0 Å². The number of aromatic amines is 2. The van der Waals surface area contributed by atoms with Crippen LogP contribution < -0.4 is 11.1 Å². The fourth-order valence-electron chi connectivity index (χ4n) is 0.366. The average molecular weight is 184 g/mol. The molecule has 0 aliphatic heterocycles. The third-order valence-electron chi connectivity index (χ3n) is 0.718. The Balaban J connectivity index is 0.000000252. The second-order valence-corrected chi connectivity index (χ2v) is 4.28. The van der Waals surface area contributed by atoms with Gasteiger partial charge in [-0.1, -0.05) is 27.7 Å². The van der Waals surface area contributed by atoms with Crippen molar-refractivity contribution in [1.82, 2.24) is 9.97 Å². The van der Waals surface area contributed by atoms with Crippen molar-refractivity contribution < 1.29 is 0 Å². The Morgan fingerprint density at radius 1 is 0.923 bits per heavy atom. The smallest absolute Gasteiger partial charge is 0.313 e. The molecule has 0 unspecified atom stereocenters. The van der Waals surface area contributed by atoms with Crippen LogP contribution >= 0.6 is 0 Å². The zero-order valence-electron chi connectivity index (χ0n) is 8.47. The molecule has 13 heavy (non-hydrogen) atoms.